The molecule has 0 aliphatic rings. The fraction of sp³-hybridized carbons (Fsp3) is 0.300. The number of benzene rings is 1. The predicted molar refractivity (Wildman–Crippen MR) is 61.2 cm³/mol. The molecule has 13 heavy (non-hydrogen) atoms. The second kappa shape index (κ2) is 4.38. The average molecular weight is 306 g/mol. The first-order chi connectivity index (χ1) is 6.02. The maximum Gasteiger partial charge on any atom is 0.147 e. The van der Waals surface area contributed by atoms with Crippen LogP contribution in [0, 0.1) is 6.92 Å². The van der Waals surface area contributed by atoms with Crippen molar-refractivity contribution in [2.75, 3.05) is 0 Å². The zero-order chi connectivity index (χ0) is 10.0. The predicted octanol–water partition coefficient (Wildman–Crippen LogP) is 3.78. The minimum Gasteiger partial charge on any atom is -0.298 e. The van der Waals surface area contributed by atoms with Crippen LogP contribution in [0.2, 0.25) is 0 Å². The third-order valence-corrected chi connectivity index (χ3v) is 3.64. The molecule has 0 aromatic heterocycles. The molecule has 1 aromatic rings. The van der Waals surface area contributed by atoms with Gasteiger partial charge in [-0.3, -0.25) is 4.79 Å². The first-order valence-electron chi connectivity index (χ1n) is 3.93. The fourth-order valence-corrected chi connectivity index (χ4v) is 2.24. The summed E-state index contributed by atoms with van der Waals surface area (Å²) in [5.41, 5.74) is 2.15. The quantitative estimate of drug-likeness (QED) is 0.760. The summed E-state index contributed by atoms with van der Waals surface area (Å²) in [5, 5.41) is 0. The molecule has 0 fully saturated rings. The summed E-state index contributed by atoms with van der Waals surface area (Å²) in [6.45, 7) is 3.59. The molecule has 3 heteroatoms. The Bertz CT molecular complexity index is 334. The highest BCUT2D eigenvalue weighted by atomic mass is 79.9. The van der Waals surface area contributed by atoms with Gasteiger partial charge in [0.05, 0.1) is 4.83 Å². The highest BCUT2D eigenvalue weighted by molar-refractivity contribution is 9.11. The summed E-state index contributed by atoms with van der Waals surface area (Å²) in [4.78, 5) is 10.9. The Labute approximate surface area is 94.8 Å². The SMILES string of the molecule is CC(=O)C(Br)c1cc(C)ccc1Br. The maximum absolute atomic E-state index is 11.1. The van der Waals surface area contributed by atoms with Gasteiger partial charge in [-0.15, -0.1) is 0 Å². The Kier molecular flexibility index (Phi) is 3.68. The van der Waals surface area contributed by atoms with Crippen LogP contribution in [-0.4, -0.2) is 5.78 Å². The van der Waals surface area contributed by atoms with Crippen LogP contribution < -0.4 is 0 Å². The molecule has 1 atom stereocenters. The van der Waals surface area contributed by atoms with E-state index >= 15 is 0 Å². The molecule has 1 rings (SSSR count). The largest absolute Gasteiger partial charge is 0.298 e. The molecular formula is C10H10Br2O. The van der Waals surface area contributed by atoms with E-state index in [1.54, 1.807) is 6.92 Å². The van der Waals surface area contributed by atoms with Gasteiger partial charge < -0.3 is 0 Å². The van der Waals surface area contributed by atoms with Crippen LogP contribution in [0.1, 0.15) is 22.9 Å². The van der Waals surface area contributed by atoms with E-state index in [4.69, 9.17) is 0 Å². The monoisotopic (exact) mass is 304 g/mol. The van der Waals surface area contributed by atoms with Crippen molar-refractivity contribution < 1.29 is 4.79 Å². The van der Waals surface area contributed by atoms with Crippen molar-refractivity contribution >= 4 is 37.6 Å². The number of hydrogen-bond acceptors (Lipinski definition) is 1. The van der Waals surface area contributed by atoms with E-state index in [1.807, 2.05) is 25.1 Å². The first-order valence-corrected chi connectivity index (χ1v) is 5.64. The van der Waals surface area contributed by atoms with Crippen LogP contribution in [0.15, 0.2) is 22.7 Å². The van der Waals surface area contributed by atoms with E-state index < -0.39 is 0 Å². The summed E-state index contributed by atoms with van der Waals surface area (Å²) in [7, 11) is 0. The second-order valence-electron chi connectivity index (χ2n) is 3.00. The number of ketones is 1. The summed E-state index contributed by atoms with van der Waals surface area (Å²) < 4.78 is 0.968. The van der Waals surface area contributed by atoms with Crippen LogP contribution >= 0.6 is 31.9 Å². The van der Waals surface area contributed by atoms with Crippen molar-refractivity contribution in [3.63, 3.8) is 0 Å². The molecule has 0 saturated heterocycles. The van der Waals surface area contributed by atoms with E-state index in [-0.39, 0.29) is 10.6 Å². The van der Waals surface area contributed by atoms with Crippen LogP contribution in [0.4, 0.5) is 0 Å². The van der Waals surface area contributed by atoms with Gasteiger partial charge in [0.15, 0.2) is 0 Å². The number of aryl methyl sites for hydroxylation is 1. The molecule has 1 aromatic carbocycles. The molecule has 1 unspecified atom stereocenters. The second-order valence-corrected chi connectivity index (χ2v) is 4.77. The molecule has 1 nitrogen and oxygen atoms in total. The molecule has 0 heterocycles. The standard InChI is InChI=1S/C10H10Br2O/c1-6-3-4-9(11)8(5-6)10(12)7(2)13/h3-5,10H,1-2H3. The van der Waals surface area contributed by atoms with Crippen LogP contribution in [0.25, 0.3) is 0 Å². The minimum atomic E-state index is -0.207. The summed E-state index contributed by atoms with van der Waals surface area (Å²) in [6, 6.07) is 5.97. The van der Waals surface area contributed by atoms with Crippen molar-refractivity contribution in [3.8, 4) is 0 Å². The number of Topliss-reactive ketones (excluding diaryl/α,β-unsaturated/α-hetero) is 1. The Morgan fingerprint density at radius 3 is 2.62 bits per heavy atom. The molecule has 0 amide bonds. The van der Waals surface area contributed by atoms with Gasteiger partial charge in [0.25, 0.3) is 0 Å². The van der Waals surface area contributed by atoms with Crippen molar-refractivity contribution in [1.29, 1.82) is 0 Å². The van der Waals surface area contributed by atoms with Gasteiger partial charge in [-0.2, -0.15) is 0 Å². The summed E-state index contributed by atoms with van der Waals surface area (Å²) >= 11 is 6.77. The number of carbonyl (C=O) groups is 1. The Morgan fingerprint density at radius 1 is 1.46 bits per heavy atom. The lowest BCUT2D eigenvalue weighted by Crippen LogP contribution is -2.02. The molecule has 0 aliphatic carbocycles. The van der Waals surface area contributed by atoms with E-state index in [2.05, 4.69) is 31.9 Å². The smallest absolute Gasteiger partial charge is 0.147 e. The van der Waals surface area contributed by atoms with Gasteiger partial charge in [0.1, 0.15) is 5.78 Å². The van der Waals surface area contributed by atoms with Crippen molar-refractivity contribution in [2.45, 2.75) is 18.7 Å². The zero-order valence-electron chi connectivity index (χ0n) is 7.47. The lowest BCUT2D eigenvalue weighted by molar-refractivity contribution is -0.116. The third kappa shape index (κ3) is 2.64. The molecule has 0 spiro atoms. The molecule has 0 radical (unpaired) electrons. The van der Waals surface area contributed by atoms with Gasteiger partial charge in [-0.1, -0.05) is 49.6 Å². The molecular weight excluding hydrogens is 296 g/mol. The molecule has 0 saturated carbocycles. The molecule has 70 valence electrons. The number of alkyl halides is 1. The molecule has 0 N–H and O–H groups in total. The number of hydrogen-bond donors (Lipinski definition) is 0. The van der Waals surface area contributed by atoms with E-state index in [9.17, 15) is 4.79 Å². The van der Waals surface area contributed by atoms with Crippen LogP contribution in [0.3, 0.4) is 0 Å². The normalized spacial score (nSPS) is 12.6. The van der Waals surface area contributed by atoms with Gasteiger partial charge >= 0.3 is 0 Å². The lowest BCUT2D eigenvalue weighted by atomic mass is 10.1. The topological polar surface area (TPSA) is 17.1 Å². The minimum absolute atomic E-state index is 0.117. The van der Waals surface area contributed by atoms with Crippen molar-refractivity contribution in [3.05, 3.63) is 33.8 Å². The van der Waals surface area contributed by atoms with E-state index in [0.717, 1.165) is 15.6 Å². The Balaban J connectivity index is 3.12. The number of carbonyl (C=O) groups excluding carboxylic acids is 1. The highest BCUT2D eigenvalue weighted by Crippen LogP contribution is 2.30. The van der Waals surface area contributed by atoms with Gasteiger partial charge in [-0.25, -0.2) is 0 Å². The average Bonchev–Trinajstić information content (AvgIpc) is 2.08. The fourth-order valence-electron chi connectivity index (χ4n) is 1.08. The Morgan fingerprint density at radius 2 is 2.08 bits per heavy atom. The van der Waals surface area contributed by atoms with Crippen molar-refractivity contribution in [1.82, 2.24) is 0 Å². The molecule has 0 aliphatic heterocycles. The van der Waals surface area contributed by atoms with E-state index in [0.29, 0.717) is 0 Å². The first kappa shape index (κ1) is 10.9. The summed E-state index contributed by atoms with van der Waals surface area (Å²) in [5.74, 6) is 0.117. The third-order valence-electron chi connectivity index (χ3n) is 1.78. The maximum atomic E-state index is 11.1. The van der Waals surface area contributed by atoms with Gasteiger partial charge in [-0.05, 0) is 25.5 Å². The summed E-state index contributed by atoms with van der Waals surface area (Å²) in [6.07, 6.45) is 0. The number of rotatable bonds is 2. The van der Waals surface area contributed by atoms with E-state index in [1.165, 1.54) is 0 Å². The zero-order valence-corrected chi connectivity index (χ0v) is 10.6. The van der Waals surface area contributed by atoms with Crippen LogP contribution in [-0.2, 0) is 4.79 Å². The lowest BCUT2D eigenvalue weighted by Gasteiger charge is -2.09. The molecule has 0 bridgehead atoms. The van der Waals surface area contributed by atoms with Crippen molar-refractivity contribution in [2.24, 2.45) is 0 Å². The van der Waals surface area contributed by atoms with Crippen LogP contribution in [0.5, 0.6) is 0 Å². The van der Waals surface area contributed by atoms with Gasteiger partial charge in [0.2, 0.25) is 0 Å². The van der Waals surface area contributed by atoms with Gasteiger partial charge in [0, 0.05) is 4.47 Å². The highest BCUT2D eigenvalue weighted by Gasteiger charge is 2.15. The Hall–Kier alpha value is -0.150. The number of halogens is 2.